The van der Waals surface area contributed by atoms with Gasteiger partial charge in [-0.15, -0.1) is 0 Å². The van der Waals surface area contributed by atoms with E-state index in [0.717, 1.165) is 34.2 Å². The first-order valence-corrected chi connectivity index (χ1v) is 5.49. The summed E-state index contributed by atoms with van der Waals surface area (Å²) in [5.74, 6) is 2.55. The van der Waals surface area contributed by atoms with Gasteiger partial charge in [0.25, 0.3) is 0 Å². The van der Waals surface area contributed by atoms with Gasteiger partial charge in [0.05, 0.1) is 5.39 Å². The number of nitrogens with zero attached hydrogens (tertiary/aromatic N) is 4. The van der Waals surface area contributed by atoms with Crippen LogP contribution in [0, 0.1) is 20.8 Å². The lowest BCUT2D eigenvalue weighted by Crippen LogP contribution is -2.02. The minimum atomic E-state index is 0.752. The van der Waals surface area contributed by atoms with Crippen LogP contribution in [0.3, 0.4) is 0 Å². The minimum Gasteiger partial charge on any atom is -0.343 e. The van der Waals surface area contributed by atoms with Gasteiger partial charge in [-0.3, -0.25) is 4.57 Å². The molecule has 86 valence electrons. The number of hydrogen-bond acceptors (Lipinski definition) is 3. The normalized spacial score (nSPS) is 11.2. The van der Waals surface area contributed by atoms with Gasteiger partial charge in [-0.2, -0.15) is 0 Å². The number of hydrogen-bond donors (Lipinski definition) is 1. The monoisotopic (exact) mass is 227 g/mol. The van der Waals surface area contributed by atoms with Gasteiger partial charge in [0, 0.05) is 18.1 Å². The van der Waals surface area contributed by atoms with E-state index in [2.05, 4.69) is 26.0 Å². The molecule has 0 aromatic carbocycles. The molecule has 5 heteroatoms. The smallest absolute Gasteiger partial charge is 0.151 e. The molecule has 0 aliphatic carbocycles. The van der Waals surface area contributed by atoms with Gasteiger partial charge in [0.2, 0.25) is 0 Å². The molecule has 3 aromatic heterocycles. The maximum absolute atomic E-state index is 4.51. The zero-order chi connectivity index (χ0) is 12.0. The molecule has 3 heterocycles. The summed E-state index contributed by atoms with van der Waals surface area (Å²) in [6, 6.07) is 2.06. The number of fused-ring (bicyclic) bond motifs is 1. The van der Waals surface area contributed by atoms with Crippen molar-refractivity contribution >= 4 is 11.0 Å². The van der Waals surface area contributed by atoms with E-state index in [4.69, 9.17) is 0 Å². The van der Waals surface area contributed by atoms with Crippen LogP contribution in [0.15, 0.2) is 18.5 Å². The predicted molar refractivity (Wildman–Crippen MR) is 65.2 cm³/mol. The van der Waals surface area contributed by atoms with Gasteiger partial charge in [0.15, 0.2) is 5.82 Å². The largest absolute Gasteiger partial charge is 0.343 e. The second kappa shape index (κ2) is 3.41. The summed E-state index contributed by atoms with van der Waals surface area (Å²) in [5, 5.41) is 1.02. The molecule has 17 heavy (non-hydrogen) atoms. The molecule has 0 fully saturated rings. The standard InChI is InChI=1S/C12H13N5/c1-7-6-10-11(14-7)15-8(2)16-12(10)17-5-4-13-9(17)3/h4-6H,1-3H3,(H,14,15,16). The van der Waals surface area contributed by atoms with Gasteiger partial charge < -0.3 is 4.98 Å². The van der Waals surface area contributed by atoms with Crippen molar-refractivity contribution in [2.24, 2.45) is 0 Å². The van der Waals surface area contributed by atoms with Gasteiger partial charge in [0.1, 0.15) is 17.3 Å². The Bertz CT molecular complexity index is 692. The number of aryl methyl sites for hydroxylation is 3. The molecular weight excluding hydrogens is 214 g/mol. The van der Waals surface area contributed by atoms with Gasteiger partial charge >= 0.3 is 0 Å². The van der Waals surface area contributed by atoms with E-state index in [9.17, 15) is 0 Å². The fraction of sp³-hybridized carbons (Fsp3) is 0.250. The highest BCUT2D eigenvalue weighted by Gasteiger charge is 2.11. The summed E-state index contributed by atoms with van der Waals surface area (Å²) in [7, 11) is 0. The van der Waals surface area contributed by atoms with Crippen molar-refractivity contribution in [2.75, 3.05) is 0 Å². The van der Waals surface area contributed by atoms with Crippen LogP contribution in [-0.2, 0) is 0 Å². The van der Waals surface area contributed by atoms with E-state index in [0.29, 0.717) is 0 Å². The van der Waals surface area contributed by atoms with Crippen LogP contribution in [0.2, 0.25) is 0 Å². The van der Waals surface area contributed by atoms with Crippen molar-refractivity contribution in [1.29, 1.82) is 0 Å². The zero-order valence-electron chi connectivity index (χ0n) is 10.0. The van der Waals surface area contributed by atoms with Crippen LogP contribution in [0.25, 0.3) is 16.9 Å². The van der Waals surface area contributed by atoms with Crippen LogP contribution in [0.5, 0.6) is 0 Å². The lowest BCUT2D eigenvalue weighted by atomic mass is 10.3. The van der Waals surface area contributed by atoms with Crippen LogP contribution in [0.4, 0.5) is 0 Å². The molecule has 1 N–H and O–H groups in total. The first-order valence-electron chi connectivity index (χ1n) is 5.49. The van der Waals surface area contributed by atoms with E-state index < -0.39 is 0 Å². The molecule has 5 nitrogen and oxygen atoms in total. The van der Waals surface area contributed by atoms with E-state index in [-0.39, 0.29) is 0 Å². The van der Waals surface area contributed by atoms with Crippen molar-refractivity contribution in [2.45, 2.75) is 20.8 Å². The predicted octanol–water partition coefficient (Wildman–Crippen LogP) is 2.07. The molecule has 0 aliphatic heterocycles. The van der Waals surface area contributed by atoms with Gasteiger partial charge in [-0.1, -0.05) is 0 Å². The summed E-state index contributed by atoms with van der Waals surface area (Å²) in [4.78, 5) is 16.4. The second-order valence-corrected chi connectivity index (χ2v) is 4.15. The van der Waals surface area contributed by atoms with Crippen molar-refractivity contribution in [3.05, 3.63) is 35.8 Å². The Morgan fingerprint density at radius 2 is 2.00 bits per heavy atom. The van der Waals surface area contributed by atoms with E-state index in [1.807, 2.05) is 31.5 Å². The number of nitrogens with one attached hydrogen (secondary N) is 1. The van der Waals surface area contributed by atoms with Crippen LogP contribution < -0.4 is 0 Å². The topological polar surface area (TPSA) is 59.4 Å². The Balaban J connectivity index is 2.39. The third-order valence-electron chi connectivity index (χ3n) is 2.77. The summed E-state index contributed by atoms with van der Waals surface area (Å²) in [5.41, 5.74) is 1.96. The van der Waals surface area contributed by atoms with Crippen LogP contribution in [0.1, 0.15) is 17.3 Å². The summed E-state index contributed by atoms with van der Waals surface area (Å²) in [6.07, 6.45) is 3.69. The lowest BCUT2D eigenvalue weighted by molar-refractivity contribution is 0.917. The summed E-state index contributed by atoms with van der Waals surface area (Å²) < 4.78 is 1.98. The molecular formula is C12H13N5. The average Bonchev–Trinajstić information content (AvgIpc) is 2.82. The quantitative estimate of drug-likeness (QED) is 0.692. The Morgan fingerprint density at radius 1 is 1.18 bits per heavy atom. The van der Waals surface area contributed by atoms with Crippen molar-refractivity contribution < 1.29 is 0 Å². The van der Waals surface area contributed by atoms with Crippen molar-refractivity contribution in [1.82, 2.24) is 24.5 Å². The van der Waals surface area contributed by atoms with Crippen LogP contribution >= 0.6 is 0 Å². The maximum Gasteiger partial charge on any atom is 0.151 e. The molecule has 0 aliphatic rings. The first kappa shape index (κ1) is 10.0. The molecule has 0 amide bonds. The molecule has 0 spiro atoms. The van der Waals surface area contributed by atoms with Crippen molar-refractivity contribution in [3.63, 3.8) is 0 Å². The molecule has 0 unspecified atom stereocenters. The fourth-order valence-corrected chi connectivity index (χ4v) is 2.02. The van der Waals surface area contributed by atoms with Gasteiger partial charge in [-0.05, 0) is 26.8 Å². The number of aromatic amines is 1. The Labute approximate surface area is 98.6 Å². The lowest BCUT2D eigenvalue weighted by Gasteiger charge is -2.06. The average molecular weight is 227 g/mol. The van der Waals surface area contributed by atoms with Gasteiger partial charge in [-0.25, -0.2) is 15.0 Å². The Hall–Kier alpha value is -2.17. The van der Waals surface area contributed by atoms with E-state index in [1.54, 1.807) is 6.20 Å². The highest BCUT2D eigenvalue weighted by molar-refractivity contribution is 5.84. The third-order valence-corrected chi connectivity index (χ3v) is 2.77. The Morgan fingerprint density at radius 3 is 2.71 bits per heavy atom. The number of imidazole rings is 1. The molecule has 3 aromatic rings. The molecule has 0 atom stereocenters. The number of aromatic nitrogens is 5. The second-order valence-electron chi connectivity index (χ2n) is 4.15. The number of H-pyrrole nitrogens is 1. The fourth-order valence-electron chi connectivity index (χ4n) is 2.02. The Kier molecular flexibility index (Phi) is 2.01. The first-order chi connectivity index (χ1) is 8.15. The molecule has 3 rings (SSSR count). The van der Waals surface area contributed by atoms with Crippen LogP contribution in [-0.4, -0.2) is 24.5 Å². The molecule has 0 radical (unpaired) electrons. The molecule has 0 saturated heterocycles. The molecule has 0 saturated carbocycles. The third kappa shape index (κ3) is 1.51. The zero-order valence-corrected chi connectivity index (χ0v) is 10.0. The molecule has 0 bridgehead atoms. The summed E-state index contributed by atoms with van der Waals surface area (Å²) in [6.45, 7) is 5.87. The maximum atomic E-state index is 4.51. The SMILES string of the molecule is Cc1nc(-n2ccnc2C)c2cc(C)[nH]c2n1. The highest BCUT2D eigenvalue weighted by Crippen LogP contribution is 2.21. The summed E-state index contributed by atoms with van der Waals surface area (Å²) >= 11 is 0. The minimum absolute atomic E-state index is 0.752. The number of rotatable bonds is 1. The van der Waals surface area contributed by atoms with E-state index in [1.165, 1.54) is 0 Å². The highest BCUT2D eigenvalue weighted by atomic mass is 15.1. The van der Waals surface area contributed by atoms with Crippen molar-refractivity contribution in [3.8, 4) is 5.82 Å². The van der Waals surface area contributed by atoms with E-state index >= 15 is 0 Å².